The van der Waals surface area contributed by atoms with Gasteiger partial charge in [0.05, 0.1) is 12.0 Å². The maximum absolute atomic E-state index is 12.2. The van der Waals surface area contributed by atoms with Crippen LogP contribution in [0.1, 0.15) is 19.8 Å². The first-order chi connectivity index (χ1) is 7.94. The molecule has 0 aromatic rings. The maximum atomic E-state index is 12.2. The van der Waals surface area contributed by atoms with Crippen molar-refractivity contribution >= 4 is 11.9 Å². The Kier molecular flexibility index (Phi) is 3.09. The molecule has 3 atom stereocenters. The smallest absolute Gasteiger partial charge is 0.325 e. The lowest BCUT2D eigenvalue weighted by molar-refractivity contribution is -0.143. The van der Waals surface area contributed by atoms with Crippen LogP contribution in [0.25, 0.3) is 0 Å². The van der Waals surface area contributed by atoms with Crippen LogP contribution in [0.5, 0.6) is 0 Å². The van der Waals surface area contributed by atoms with Crippen LogP contribution in [0, 0.1) is 5.92 Å². The molecule has 2 rings (SSSR count). The minimum Gasteiger partial charge on any atom is -0.480 e. The van der Waals surface area contributed by atoms with Crippen molar-refractivity contribution in [2.75, 3.05) is 19.7 Å². The Labute approximate surface area is 99.7 Å². The van der Waals surface area contributed by atoms with Gasteiger partial charge in [0.15, 0.2) is 0 Å². The Bertz CT molecular complexity index is 346. The van der Waals surface area contributed by atoms with Gasteiger partial charge in [-0.1, -0.05) is 0 Å². The third-order valence-corrected chi connectivity index (χ3v) is 3.73. The molecule has 6 nitrogen and oxygen atoms in total. The third-order valence-electron chi connectivity index (χ3n) is 3.73. The molecule has 17 heavy (non-hydrogen) atoms. The number of carboxylic acid groups (broad SMARTS) is 1. The zero-order valence-electron chi connectivity index (χ0n) is 9.89. The van der Waals surface area contributed by atoms with Gasteiger partial charge in [-0.05, 0) is 19.8 Å². The Morgan fingerprint density at radius 2 is 2.24 bits per heavy atom. The summed E-state index contributed by atoms with van der Waals surface area (Å²) in [5, 5.41) is 9.00. The van der Waals surface area contributed by atoms with E-state index in [1.165, 1.54) is 0 Å². The highest BCUT2D eigenvalue weighted by molar-refractivity contribution is 5.84. The molecule has 0 saturated carbocycles. The van der Waals surface area contributed by atoms with Crippen molar-refractivity contribution in [2.45, 2.75) is 31.4 Å². The highest BCUT2D eigenvalue weighted by Gasteiger charge is 2.45. The minimum atomic E-state index is -1.28. The Morgan fingerprint density at radius 1 is 1.53 bits per heavy atom. The highest BCUT2D eigenvalue weighted by atomic mass is 16.5. The standard InChI is InChI=1S/C11H18N2O4/c1-7-8(2-5-17-7)9(14)13-4-3-11(12,6-13)10(15)16/h7-8H,2-6,12H2,1H3,(H,15,16). The molecule has 3 N–H and O–H groups in total. The first-order valence-electron chi connectivity index (χ1n) is 5.87. The second-order valence-electron chi connectivity index (χ2n) is 4.94. The number of nitrogens with zero attached hydrogens (tertiary/aromatic N) is 1. The van der Waals surface area contributed by atoms with E-state index in [1.807, 2.05) is 6.92 Å². The number of hydrogen-bond donors (Lipinski definition) is 2. The molecule has 6 heteroatoms. The molecule has 2 aliphatic rings. The lowest BCUT2D eigenvalue weighted by atomic mass is 10.00. The van der Waals surface area contributed by atoms with Crippen LogP contribution in [-0.4, -0.2) is 53.2 Å². The van der Waals surface area contributed by atoms with E-state index in [2.05, 4.69) is 0 Å². The molecule has 2 heterocycles. The summed E-state index contributed by atoms with van der Waals surface area (Å²) in [5.41, 5.74) is 4.46. The van der Waals surface area contributed by atoms with Crippen LogP contribution in [-0.2, 0) is 14.3 Å². The predicted molar refractivity (Wildman–Crippen MR) is 59.3 cm³/mol. The number of ether oxygens (including phenoxy) is 1. The molecule has 0 spiro atoms. The summed E-state index contributed by atoms with van der Waals surface area (Å²) in [7, 11) is 0. The van der Waals surface area contributed by atoms with Crippen molar-refractivity contribution in [2.24, 2.45) is 11.7 Å². The molecule has 0 aromatic heterocycles. The molecular formula is C11H18N2O4. The zero-order chi connectivity index (χ0) is 12.6. The van der Waals surface area contributed by atoms with Gasteiger partial charge >= 0.3 is 5.97 Å². The van der Waals surface area contributed by atoms with Crippen molar-refractivity contribution in [1.29, 1.82) is 0 Å². The number of likely N-dealkylation sites (tertiary alicyclic amines) is 1. The van der Waals surface area contributed by atoms with Crippen molar-refractivity contribution in [1.82, 2.24) is 4.90 Å². The van der Waals surface area contributed by atoms with E-state index in [1.54, 1.807) is 4.90 Å². The Balaban J connectivity index is 2.01. The average molecular weight is 242 g/mol. The van der Waals surface area contributed by atoms with Gasteiger partial charge in [0.25, 0.3) is 0 Å². The van der Waals surface area contributed by atoms with Crippen molar-refractivity contribution in [3.63, 3.8) is 0 Å². The fourth-order valence-electron chi connectivity index (χ4n) is 2.49. The maximum Gasteiger partial charge on any atom is 0.325 e. The molecule has 0 aliphatic carbocycles. The Hall–Kier alpha value is -1.14. The van der Waals surface area contributed by atoms with Crippen LogP contribution in [0.4, 0.5) is 0 Å². The fraction of sp³-hybridized carbons (Fsp3) is 0.818. The quantitative estimate of drug-likeness (QED) is 0.676. The number of nitrogens with two attached hydrogens (primary N) is 1. The van der Waals surface area contributed by atoms with Crippen LogP contribution in [0.3, 0.4) is 0 Å². The summed E-state index contributed by atoms with van der Waals surface area (Å²) in [4.78, 5) is 24.7. The van der Waals surface area contributed by atoms with E-state index >= 15 is 0 Å². The van der Waals surface area contributed by atoms with E-state index in [9.17, 15) is 9.59 Å². The van der Waals surface area contributed by atoms with Gasteiger partial charge in [-0.3, -0.25) is 9.59 Å². The molecule has 2 aliphatic heterocycles. The average Bonchev–Trinajstić information content (AvgIpc) is 2.85. The predicted octanol–water partition coefficient (Wildman–Crippen LogP) is -0.574. The van der Waals surface area contributed by atoms with Gasteiger partial charge in [0.2, 0.25) is 5.91 Å². The third kappa shape index (κ3) is 2.14. The van der Waals surface area contributed by atoms with Crippen LogP contribution in [0.15, 0.2) is 0 Å². The largest absolute Gasteiger partial charge is 0.480 e. The van der Waals surface area contributed by atoms with Crippen LogP contribution in [0.2, 0.25) is 0 Å². The second-order valence-corrected chi connectivity index (χ2v) is 4.94. The molecular weight excluding hydrogens is 224 g/mol. The SMILES string of the molecule is CC1OCCC1C(=O)N1CCC(N)(C(=O)O)C1. The number of hydrogen-bond acceptors (Lipinski definition) is 4. The molecule has 2 saturated heterocycles. The first kappa shape index (κ1) is 12.3. The molecule has 0 bridgehead atoms. The number of aliphatic carboxylic acids is 1. The first-order valence-corrected chi connectivity index (χ1v) is 5.87. The molecule has 0 radical (unpaired) electrons. The van der Waals surface area contributed by atoms with E-state index in [0.717, 1.165) is 0 Å². The monoisotopic (exact) mass is 242 g/mol. The zero-order valence-corrected chi connectivity index (χ0v) is 9.89. The molecule has 0 aromatic carbocycles. The summed E-state index contributed by atoms with van der Waals surface area (Å²) in [6, 6.07) is 0. The normalized spacial score (nSPS) is 37.4. The lowest BCUT2D eigenvalue weighted by Crippen LogP contribution is -2.51. The Morgan fingerprint density at radius 3 is 2.71 bits per heavy atom. The van der Waals surface area contributed by atoms with Gasteiger partial charge in [0.1, 0.15) is 5.54 Å². The fourth-order valence-corrected chi connectivity index (χ4v) is 2.49. The number of carbonyl (C=O) groups excluding carboxylic acids is 1. The number of rotatable bonds is 2. The van der Waals surface area contributed by atoms with E-state index in [4.69, 9.17) is 15.6 Å². The van der Waals surface area contributed by atoms with Crippen molar-refractivity contribution in [3.8, 4) is 0 Å². The summed E-state index contributed by atoms with van der Waals surface area (Å²) in [6.07, 6.45) is 0.942. The second kappa shape index (κ2) is 4.27. The van der Waals surface area contributed by atoms with Crippen LogP contribution >= 0.6 is 0 Å². The molecule has 2 fully saturated rings. The summed E-state index contributed by atoms with van der Waals surface area (Å²) < 4.78 is 5.35. The summed E-state index contributed by atoms with van der Waals surface area (Å²) in [5.74, 6) is -1.21. The van der Waals surface area contributed by atoms with Gasteiger partial charge < -0.3 is 20.5 Å². The topological polar surface area (TPSA) is 92.9 Å². The van der Waals surface area contributed by atoms with Crippen molar-refractivity contribution in [3.05, 3.63) is 0 Å². The van der Waals surface area contributed by atoms with Gasteiger partial charge in [-0.25, -0.2) is 0 Å². The van der Waals surface area contributed by atoms with E-state index in [0.29, 0.717) is 26.0 Å². The molecule has 3 unspecified atom stereocenters. The highest BCUT2D eigenvalue weighted by Crippen LogP contribution is 2.27. The lowest BCUT2D eigenvalue weighted by Gasteiger charge is -2.23. The number of amides is 1. The van der Waals surface area contributed by atoms with Gasteiger partial charge in [-0.15, -0.1) is 0 Å². The van der Waals surface area contributed by atoms with E-state index < -0.39 is 11.5 Å². The number of carboxylic acids is 1. The molecule has 96 valence electrons. The van der Waals surface area contributed by atoms with Crippen LogP contribution < -0.4 is 5.73 Å². The van der Waals surface area contributed by atoms with E-state index in [-0.39, 0.29) is 24.5 Å². The minimum absolute atomic E-state index is 0.0245. The van der Waals surface area contributed by atoms with Gasteiger partial charge in [0, 0.05) is 19.7 Å². The molecule has 1 amide bonds. The summed E-state index contributed by atoms with van der Waals surface area (Å²) >= 11 is 0. The van der Waals surface area contributed by atoms with Gasteiger partial charge in [-0.2, -0.15) is 0 Å². The summed E-state index contributed by atoms with van der Waals surface area (Å²) in [6.45, 7) is 2.99. The van der Waals surface area contributed by atoms with Crippen molar-refractivity contribution < 1.29 is 19.4 Å². The number of carbonyl (C=O) groups is 2.